The maximum atomic E-state index is 12.4. The average molecular weight is 394 g/mol. The second-order valence-corrected chi connectivity index (χ2v) is 6.99. The summed E-state index contributed by atoms with van der Waals surface area (Å²) >= 11 is 11.9. The molecule has 1 saturated heterocycles. The molecule has 0 aromatic heterocycles. The molecule has 2 amide bonds. The molecule has 26 heavy (non-hydrogen) atoms. The Morgan fingerprint density at radius 3 is 2.38 bits per heavy atom. The monoisotopic (exact) mass is 393 g/mol. The second kappa shape index (κ2) is 8.52. The first kappa shape index (κ1) is 18.7. The van der Waals surface area contributed by atoms with Crippen LogP contribution in [0.5, 0.6) is 5.75 Å². The molecule has 1 aliphatic rings. The Kier molecular flexibility index (Phi) is 6.12. The van der Waals surface area contributed by atoms with Crippen LogP contribution in [0.25, 0.3) is 0 Å². The van der Waals surface area contributed by atoms with Crippen molar-refractivity contribution >= 4 is 34.9 Å². The van der Waals surface area contributed by atoms with Gasteiger partial charge in [0.2, 0.25) is 0 Å². The highest BCUT2D eigenvalue weighted by Gasteiger charge is 2.22. The molecule has 1 unspecified atom stereocenters. The smallest absolute Gasteiger partial charge is 0.320 e. The SMILES string of the molecule is CC(NC(=O)N1CCN(c2cccc(Cl)c2)CC1)Oc1ccc(Cl)cc1. The zero-order valence-corrected chi connectivity index (χ0v) is 16.0. The van der Waals surface area contributed by atoms with Crippen molar-refractivity contribution < 1.29 is 9.53 Å². The van der Waals surface area contributed by atoms with Crippen LogP contribution < -0.4 is 15.0 Å². The van der Waals surface area contributed by atoms with Crippen LogP contribution in [-0.2, 0) is 0 Å². The Hall–Kier alpha value is -2.11. The molecule has 0 radical (unpaired) electrons. The maximum absolute atomic E-state index is 12.4. The van der Waals surface area contributed by atoms with Gasteiger partial charge in [-0.05, 0) is 49.4 Å². The predicted octanol–water partition coefficient (Wildman–Crippen LogP) is 4.25. The molecular weight excluding hydrogens is 373 g/mol. The van der Waals surface area contributed by atoms with E-state index in [0.29, 0.717) is 23.9 Å². The van der Waals surface area contributed by atoms with Crippen LogP contribution in [-0.4, -0.2) is 43.3 Å². The molecule has 1 N–H and O–H groups in total. The van der Waals surface area contributed by atoms with Crippen LogP contribution in [0.1, 0.15) is 6.92 Å². The third-order valence-corrected chi connectivity index (χ3v) is 4.68. The Morgan fingerprint density at radius 2 is 1.73 bits per heavy atom. The van der Waals surface area contributed by atoms with Crippen molar-refractivity contribution in [2.75, 3.05) is 31.1 Å². The zero-order valence-electron chi connectivity index (χ0n) is 14.5. The van der Waals surface area contributed by atoms with E-state index in [4.69, 9.17) is 27.9 Å². The van der Waals surface area contributed by atoms with Crippen LogP contribution in [0.2, 0.25) is 10.0 Å². The van der Waals surface area contributed by atoms with Gasteiger partial charge in [0, 0.05) is 41.9 Å². The molecule has 5 nitrogen and oxygen atoms in total. The minimum absolute atomic E-state index is 0.128. The average Bonchev–Trinajstić information content (AvgIpc) is 2.64. The van der Waals surface area contributed by atoms with Crippen molar-refractivity contribution in [3.05, 3.63) is 58.6 Å². The lowest BCUT2D eigenvalue weighted by atomic mass is 10.2. The summed E-state index contributed by atoms with van der Waals surface area (Å²) in [5.74, 6) is 0.660. The van der Waals surface area contributed by atoms with Gasteiger partial charge in [-0.25, -0.2) is 4.79 Å². The predicted molar refractivity (Wildman–Crippen MR) is 105 cm³/mol. The van der Waals surface area contributed by atoms with E-state index in [1.807, 2.05) is 24.3 Å². The molecule has 0 aliphatic carbocycles. The molecule has 1 heterocycles. The number of anilines is 1. The zero-order chi connectivity index (χ0) is 18.5. The van der Waals surface area contributed by atoms with Crippen LogP contribution in [0.4, 0.5) is 10.5 Å². The van der Waals surface area contributed by atoms with Gasteiger partial charge < -0.3 is 19.9 Å². The number of halogens is 2. The number of benzene rings is 2. The lowest BCUT2D eigenvalue weighted by Gasteiger charge is -2.36. The molecule has 2 aromatic rings. The van der Waals surface area contributed by atoms with Gasteiger partial charge in [-0.2, -0.15) is 0 Å². The minimum Gasteiger partial charge on any atom is -0.471 e. The van der Waals surface area contributed by atoms with E-state index >= 15 is 0 Å². The molecule has 0 saturated carbocycles. The van der Waals surface area contributed by atoms with Gasteiger partial charge in [-0.15, -0.1) is 0 Å². The fraction of sp³-hybridized carbons (Fsp3) is 0.316. The summed E-state index contributed by atoms with van der Waals surface area (Å²) in [6, 6.07) is 14.7. The van der Waals surface area contributed by atoms with Gasteiger partial charge in [-0.3, -0.25) is 0 Å². The molecule has 1 aliphatic heterocycles. The summed E-state index contributed by atoms with van der Waals surface area (Å²) in [6.07, 6.45) is -0.436. The van der Waals surface area contributed by atoms with Gasteiger partial charge in [0.25, 0.3) is 0 Å². The largest absolute Gasteiger partial charge is 0.471 e. The van der Waals surface area contributed by atoms with Gasteiger partial charge in [0.15, 0.2) is 6.23 Å². The van der Waals surface area contributed by atoms with Crippen LogP contribution >= 0.6 is 23.2 Å². The quantitative estimate of drug-likeness (QED) is 0.789. The van der Waals surface area contributed by atoms with Crippen molar-refractivity contribution in [2.24, 2.45) is 0 Å². The van der Waals surface area contributed by atoms with Gasteiger partial charge in [0.05, 0.1) is 0 Å². The molecule has 7 heteroatoms. The normalized spacial score (nSPS) is 15.5. The van der Waals surface area contributed by atoms with E-state index in [2.05, 4.69) is 10.2 Å². The van der Waals surface area contributed by atoms with Gasteiger partial charge in [0.1, 0.15) is 5.75 Å². The fourth-order valence-electron chi connectivity index (χ4n) is 2.85. The topological polar surface area (TPSA) is 44.8 Å². The Balaban J connectivity index is 1.48. The number of carbonyl (C=O) groups excluding carboxylic acids is 1. The number of piperazine rings is 1. The number of amides is 2. The van der Waals surface area contributed by atoms with E-state index < -0.39 is 6.23 Å². The van der Waals surface area contributed by atoms with Crippen LogP contribution in [0.3, 0.4) is 0 Å². The van der Waals surface area contributed by atoms with Crippen molar-refractivity contribution in [1.82, 2.24) is 10.2 Å². The number of ether oxygens (including phenoxy) is 1. The number of nitrogens with one attached hydrogen (secondary N) is 1. The van der Waals surface area contributed by atoms with Gasteiger partial charge >= 0.3 is 6.03 Å². The summed E-state index contributed by atoms with van der Waals surface area (Å²) in [6.45, 7) is 4.62. The molecule has 1 fully saturated rings. The van der Waals surface area contributed by atoms with E-state index in [1.54, 1.807) is 36.1 Å². The molecule has 0 spiro atoms. The minimum atomic E-state index is -0.436. The molecule has 138 valence electrons. The fourth-order valence-corrected chi connectivity index (χ4v) is 3.16. The molecule has 1 atom stereocenters. The third-order valence-electron chi connectivity index (χ3n) is 4.19. The summed E-state index contributed by atoms with van der Waals surface area (Å²) in [4.78, 5) is 16.4. The number of hydrogen-bond donors (Lipinski definition) is 1. The molecule has 0 bridgehead atoms. The van der Waals surface area contributed by atoms with Crippen molar-refractivity contribution in [3.8, 4) is 5.75 Å². The van der Waals surface area contributed by atoms with E-state index in [0.717, 1.165) is 23.8 Å². The van der Waals surface area contributed by atoms with Crippen LogP contribution in [0.15, 0.2) is 48.5 Å². The first-order valence-corrected chi connectivity index (χ1v) is 9.25. The van der Waals surface area contributed by atoms with Crippen molar-refractivity contribution in [1.29, 1.82) is 0 Å². The lowest BCUT2D eigenvalue weighted by molar-refractivity contribution is 0.151. The number of nitrogens with zero attached hydrogens (tertiary/aromatic N) is 2. The van der Waals surface area contributed by atoms with E-state index in [9.17, 15) is 4.79 Å². The third kappa shape index (κ3) is 4.96. The summed E-state index contributed by atoms with van der Waals surface area (Å²) in [5.41, 5.74) is 1.08. The summed E-state index contributed by atoms with van der Waals surface area (Å²) in [7, 11) is 0. The molecule has 3 rings (SSSR count). The van der Waals surface area contributed by atoms with Crippen LogP contribution in [0, 0.1) is 0 Å². The highest BCUT2D eigenvalue weighted by atomic mass is 35.5. The lowest BCUT2D eigenvalue weighted by Crippen LogP contribution is -2.53. The number of hydrogen-bond acceptors (Lipinski definition) is 3. The van der Waals surface area contributed by atoms with E-state index in [1.165, 1.54) is 0 Å². The first-order chi connectivity index (χ1) is 12.5. The second-order valence-electron chi connectivity index (χ2n) is 6.12. The number of carbonyl (C=O) groups is 1. The highest BCUT2D eigenvalue weighted by molar-refractivity contribution is 6.31. The summed E-state index contributed by atoms with van der Waals surface area (Å²) < 4.78 is 5.69. The highest BCUT2D eigenvalue weighted by Crippen LogP contribution is 2.21. The Labute approximate surface area is 163 Å². The first-order valence-electron chi connectivity index (χ1n) is 8.49. The standard InChI is InChI=1S/C19H21Cl2N3O2/c1-14(26-18-7-5-15(20)6-8-18)22-19(25)24-11-9-23(10-12-24)17-4-2-3-16(21)13-17/h2-8,13-14H,9-12H2,1H3,(H,22,25). The summed E-state index contributed by atoms with van der Waals surface area (Å²) in [5, 5.41) is 4.23. The number of rotatable bonds is 4. The van der Waals surface area contributed by atoms with Crippen molar-refractivity contribution in [3.63, 3.8) is 0 Å². The molecular formula is C19H21Cl2N3O2. The Morgan fingerprint density at radius 1 is 1.04 bits per heavy atom. The molecule has 2 aromatic carbocycles. The Bertz CT molecular complexity index is 747. The maximum Gasteiger partial charge on any atom is 0.320 e. The number of urea groups is 1. The van der Waals surface area contributed by atoms with E-state index in [-0.39, 0.29) is 6.03 Å². The van der Waals surface area contributed by atoms with Gasteiger partial charge in [-0.1, -0.05) is 29.3 Å². The van der Waals surface area contributed by atoms with Crippen molar-refractivity contribution in [2.45, 2.75) is 13.2 Å².